The lowest BCUT2D eigenvalue weighted by Gasteiger charge is -2.27. The van der Waals surface area contributed by atoms with E-state index in [9.17, 15) is 4.79 Å². The largest absolute Gasteiger partial charge is 0.379 e. The first kappa shape index (κ1) is 12.6. The minimum absolute atomic E-state index is 0.0700. The standard InChI is InChI=1S/C11H16BrN3O2/c1-2-14-8-9(12)7-10(14)11(16)13-15-3-5-17-6-4-15/h7-8H,2-6H2,1H3,(H,13,16). The molecule has 1 N–H and O–H groups in total. The smallest absolute Gasteiger partial charge is 0.282 e. The number of hydrogen-bond donors (Lipinski definition) is 1. The number of nitrogens with one attached hydrogen (secondary N) is 1. The van der Waals surface area contributed by atoms with Gasteiger partial charge in [0.05, 0.1) is 13.2 Å². The summed E-state index contributed by atoms with van der Waals surface area (Å²) in [5.41, 5.74) is 3.57. The zero-order valence-electron chi connectivity index (χ0n) is 9.78. The van der Waals surface area contributed by atoms with Crippen LogP contribution in [0.25, 0.3) is 0 Å². The number of amides is 1. The molecule has 5 nitrogen and oxygen atoms in total. The van der Waals surface area contributed by atoms with Crippen molar-refractivity contribution in [2.24, 2.45) is 0 Å². The third kappa shape index (κ3) is 3.08. The Hall–Kier alpha value is -0.850. The van der Waals surface area contributed by atoms with Crippen molar-refractivity contribution >= 4 is 21.8 Å². The van der Waals surface area contributed by atoms with E-state index in [-0.39, 0.29) is 5.91 Å². The fourth-order valence-corrected chi connectivity index (χ4v) is 2.27. The molecule has 1 fully saturated rings. The molecule has 1 amide bonds. The third-order valence-corrected chi connectivity index (χ3v) is 3.14. The quantitative estimate of drug-likeness (QED) is 0.914. The van der Waals surface area contributed by atoms with Crippen LogP contribution in [0.1, 0.15) is 17.4 Å². The van der Waals surface area contributed by atoms with E-state index in [4.69, 9.17) is 4.74 Å². The highest BCUT2D eigenvalue weighted by atomic mass is 79.9. The molecule has 2 heterocycles. The molecule has 1 aliphatic rings. The van der Waals surface area contributed by atoms with Gasteiger partial charge in [-0.1, -0.05) is 0 Å². The van der Waals surface area contributed by atoms with E-state index in [1.165, 1.54) is 0 Å². The molecule has 1 aliphatic heterocycles. The number of ether oxygens (including phenoxy) is 1. The molecule has 0 aliphatic carbocycles. The second kappa shape index (κ2) is 5.66. The van der Waals surface area contributed by atoms with Gasteiger partial charge in [0.15, 0.2) is 0 Å². The van der Waals surface area contributed by atoms with E-state index in [1.807, 2.05) is 28.8 Å². The van der Waals surface area contributed by atoms with Gasteiger partial charge >= 0.3 is 0 Å². The van der Waals surface area contributed by atoms with Gasteiger partial charge < -0.3 is 9.30 Å². The molecule has 2 rings (SSSR count). The topological polar surface area (TPSA) is 46.5 Å². The summed E-state index contributed by atoms with van der Waals surface area (Å²) in [6.45, 7) is 5.59. The highest BCUT2D eigenvalue weighted by Crippen LogP contribution is 2.15. The first-order chi connectivity index (χ1) is 8.20. The van der Waals surface area contributed by atoms with Crippen molar-refractivity contribution in [1.82, 2.24) is 15.0 Å². The maximum absolute atomic E-state index is 12.1. The number of aryl methyl sites for hydroxylation is 1. The second-order valence-corrected chi connectivity index (χ2v) is 4.79. The summed E-state index contributed by atoms with van der Waals surface area (Å²) in [6, 6.07) is 1.83. The lowest BCUT2D eigenvalue weighted by atomic mass is 10.4. The Labute approximate surface area is 109 Å². The monoisotopic (exact) mass is 301 g/mol. The van der Waals surface area contributed by atoms with Gasteiger partial charge in [-0.2, -0.15) is 0 Å². The molecule has 1 aromatic rings. The summed E-state index contributed by atoms with van der Waals surface area (Å²) < 4.78 is 8.07. The Balaban J connectivity index is 2.02. The number of carbonyl (C=O) groups excluding carboxylic acids is 1. The highest BCUT2D eigenvalue weighted by Gasteiger charge is 2.17. The molecule has 0 unspecified atom stereocenters. The van der Waals surface area contributed by atoms with Crippen molar-refractivity contribution in [3.05, 3.63) is 22.4 Å². The average Bonchev–Trinajstić information content (AvgIpc) is 2.72. The van der Waals surface area contributed by atoms with Gasteiger partial charge in [-0.15, -0.1) is 0 Å². The lowest BCUT2D eigenvalue weighted by Crippen LogP contribution is -2.48. The Morgan fingerprint density at radius 3 is 2.88 bits per heavy atom. The number of hydrogen-bond acceptors (Lipinski definition) is 3. The Kier molecular flexibility index (Phi) is 4.20. The van der Waals surface area contributed by atoms with Crippen LogP contribution >= 0.6 is 15.9 Å². The Bertz CT molecular complexity index is 399. The minimum Gasteiger partial charge on any atom is -0.379 e. The van der Waals surface area contributed by atoms with Crippen LogP contribution in [0, 0.1) is 0 Å². The Morgan fingerprint density at radius 2 is 2.24 bits per heavy atom. The second-order valence-electron chi connectivity index (χ2n) is 3.87. The normalized spacial score (nSPS) is 17.1. The number of halogens is 1. The van der Waals surface area contributed by atoms with Crippen LogP contribution in [-0.2, 0) is 11.3 Å². The lowest BCUT2D eigenvalue weighted by molar-refractivity contribution is 0.0123. The van der Waals surface area contributed by atoms with E-state index in [1.54, 1.807) is 0 Å². The minimum atomic E-state index is -0.0700. The SMILES string of the molecule is CCn1cc(Br)cc1C(=O)NN1CCOCC1. The molecule has 1 saturated heterocycles. The number of hydrazine groups is 1. The molecule has 0 spiro atoms. The summed E-state index contributed by atoms with van der Waals surface area (Å²) in [7, 11) is 0. The fraction of sp³-hybridized carbons (Fsp3) is 0.545. The van der Waals surface area contributed by atoms with Crippen LogP contribution in [-0.4, -0.2) is 41.8 Å². The van der Waals surface area contributed by atoms with Crippen molar-refractivity contribution in [3.8, 4) is 0 Å². The molecular formula is C11H16BrN3O2. The van der Waals surface area contributed by atoms with Crippen molar-refractivity contribution < 1.29 is 9.53 Å². The number of aromatic nitrogens is 1. The molecule has 94 valence electrons. The number of rotatable bonds is 3. The molecule has 0 radical (unpaired) electrons. The predicted molar refractivity (Wildman–Crippen MR) is 67.7 cm³/mol. The molecule has 0 atom stereocenters. The molecule has 17 heavy (non-hydrogen) atoms. The first-order valence-electron chi connectivity index (χ1n) is 5.70. The van der Waals surface area contributed by atoms with E-state index >= 15 is 0 Å². The predicted octanol–water partition coefficient (Wildman–Crippen LogP) is 1.25. The van der Waals surface area contributed by atoms with Crippen LogP contribution < -0.4 is 5.43 Å². The molecular weight excluding hydrogens is 286 g/mol. The number of morpholine rings is 1. The zero-order valence-corrected chi connectivity index (χ0v) is 11.4. The van der Waals surface area contributed by atoms with Gasteiger partial charge in [-0.3, -0.25) is 10.2 Å². The van der Waals surface area contributed by atoms with E-state index in [0.717, 1.165) is 24.1 Å². The van der Waals surface area contributed by atoms with Gasteiger partial charge in [0.2, 0.25) is 0 Å². The van der Waals surface area contributed by atoms with Gasteiger partial charge in [-0.05, 0) is 28.9 Å². The van der Waals surface area contributed by atoms with E-state index in [0.29, 0.717) is 18.9 Å². The van der Waals surface area contributed by atoms with E-state index < -0.39 is 0 Å². The fourth-order valence-electron chi connectivity index (χ4n) is 1.80. The molecule has 1 aromatic heterocycles. The van der Waals surface area contributed by atoms with Crippen LogP contribution in [0.15, 0.2) is 16.7 Å². The first-order valence-corrected chi connectivity index (χ1v) is 6.49. The van der Waals surface area contributed by atoms with Crippen LogP contribution in [0.3, 0.4) is 0 Å². The third-order valence-electron chi connectivity index (χ3n) is 2.71. The summed E-state index contributed by atoms with van der Waals surface area (Å²) in [4.78, 5) is 12.1. The molecule has 0 aromatic carbocycles. The molecule has 0 saturated carbocycles. The van der Waals surface area contributed by atoms with Crippen molar-refractivity contribution in [2.75, 3.05) is 26.3 Å². The summed E-state index contributed by atoms with van der Waals surface area (Å²) in [5, 5.41) is 1.90. The Morgan fingerprint density at radius 1 is 1.53 bits per heavy atom. The maximum Gasteiger partial charge on any atom is 0.282 e. The highest BCUT2D eigenvalue weighted by molar-refractivity contribution is 9.10. The average molecular weight is 302 g/mol. The summed E-state index contributed by atoms with van der Waals surface area (Å²) in [5.74, 6) is -0.0700. The van der Waals surface area contributed by atoms with Gasteiger partial charge in [0.1, 0.15) is 5.69 Å². The van der Waals surface area contributed by atoms with E-state index in [2.05, 4.69) is 21.4 Å². The van der Waals surface area contributed by atoms with Crippen LogP contribution in [0.2, 0.25) is 0 Å². The number of nitrogens with zero attached hydrogens (tertiary/aromatic N) is 2. The molecule has 0 bridgehead atoms. The van der Waals surface area contributed by atoms with Gasteiger partial charge in [0.25, 0.3) is 5.91 Å². The maximum atomic E-state index is 12.1. The van der Waals surface area contributed by atoms with Crippen molar-refractivity contribution in [3.63, 3.8) is 0 Å². The van der Waals surface area contributed by atoms with Gasteiger partial charge in [-0.25, -0.2) is 5.01 Å². The van der Waals surface area contributed by atoms with Crippen molar-refractivity contribution in [2.45, 2.75) is 13.5 Å². The van der Waals surface area contributed by atoms with Crippen molar-refractivity contribution in [1.29, 1.82) is 0 Å². The number of carbonyl (C=O) groups is 1. The van der Waals surface area contributed by atoms with Crippen LogP contribution in [0.5, 0.6) is 0 Å². The van der Waals surface area contributed by atoms with Crippen LogP contribution in [0.4, 0.5) is 0 Å². The molecule has 6 heteroatoms. The zero-order chi connectivity index (χ0) is 12.3. The van der Waals surface area contributed by atoms with Gasteiger partial charge in [0, 0.05) is 30.3 Å². The summed E-state index contributed by atoms with van der Waals surface area (Å²) >= 11 is 3.38. The summed E-state index contributed by atoms with van der Waals surface area (Å²) in [6.07, 6.45) is 1.91.